The van der Waals surface area contributed by atoms with Crippen LogP contribution >= 0.6 is 0 Å². The molecule has 0 amide bonds. The minimum absolute atomic E-state index is 0.785. The summed E-state index contributed by atoms with van der Waals surface area (Å²) in [6, 6.07) is 0. The predicted molar refractivity (Wildman–Crippen MR) is 66.3 cm³/mol. The fourth-order valence-electron chi connectivity index (χ4n) is 2.11. The molecule has 1 N–H and O–H groups in total. The van der Waals surface area contributed by atoms with E-state index in [0.717, 1.165) is 19.0 Å². The standard InChI is InChI=1S/C12H27N3/c1-4-14(11-12(2)3)9-10-15-7-5-13-6-8-15/h12-13H,4-11H2,1-3H3. The van der Waals surface area contributed by atoms with Gasteiger partial charge in [-0.05, 0) is 12.5 Å². The molecule has 1 aliphatic rings. The molecule has 15 heavy (non-hydrogen) atoms. The molecule has 1 saturated heterocycles. The highest BCUT2D eigenvalue weighted by atomic mass is 15.2. The van der Waals surface area contributed by atoms with Crippen LogP contribution in [-0.4, -0.2) is 62.2 Å². The fourth-order valence-corrected chi connectivity index (χ4v) is 2.11. The quantitative estimate of drug-likeness (QED) is 0.706. The Morgan fingerprint density at radius 3 is 2.47 bits per heavy atom. The Bertz CT molecular complexity index is 153. The summed E-state index contributed by atoms with van der Waals surface area (Å²) in [5, 5.41) is 3.39. The lowest BCUT2D eigenvalue weighted by atomic mass is 10.2. The van der Waals surface area contributed by atoms with E-state index in [-0.39, 0.29) is 0 Å². The van der Waals surface area contributed by atoms with E-state index in [2.05, 4.69) is 35.9 Å². The van der Waals surface area contributed by atoms with Gasteiger partial charge in [0.1, 0.15) is 0 Å². The maximum atomic E-state index is 3.39. The maximum Gasteiger partial charge on any atom is 0.0110 e. The van der Waals surface area contributed by atoms with E-state index in [1.54, 1.807) is 0 Å². The number of hydrogen-bond acceptors (Lipinski definition) is 3. The summed E-state index contributed by atoms with van der Waals surface area (Å²) in [7, 11) is 0. The van der Waals surface area contributed by atoms with Gasteiger partial charge >= 0.3 is 0 Å². The zero-order chi connectivity index (χ0) is 11.1. The van der Waals surface area contributed by atoms with E-state index in [4.69, 9.17) is 0 Å². The first-order valence-electron chi connectivity index (χ1n) is 6.37. The van der Waals surface area contributed by atoms with Crippen LogP contribution in [0, 0.1) is 5.92 Å². The second kappa shape index (κ2) is 7.20. The number of nitrogens with zero attached hydrogens (tertiary/aromatic N) is 2. The lowest BCUT2D eigenvalue weighted by molar-refractivity contribution is 0.183. The van der Waals surface area contributed by atoms with E-state index >= 15 is 0 Å². The van der Waals surface area contributed by atoms with Gasteiger partial charge in [0.05, 0.1) is 0 Å². The second-order valence-corrected chi connectivity index (χ2v) is 4.88. The molecule has 3 nitrogen and oxygen atoms in total. The Morgan fingerprint density at radius 2 is 1.93 bits per heavy atom. The van der Waals surface area contributed by atoms with Gasteiger partial charge < -0.3 is 10.2 Å². The van der Waals surface area contributed by atoms with Crippen LogP contribution in [0.4, 0.5) is 0 Å². The van der Waals surface area contributed by atoms with Crippen molar-refractivity contribution in [1.82, 2.24) is 15.1 Å². The molecule has 0 saturated carbocycles. The van der Waals surface area contributed by atoms with Gasteiger partial charge in [0.2, 0.25) is 0 Å². The average molecular weight is 213 g/mol. The third kappa shape index (κ3) is 5.50. The zero-order valence-corrected chi connectivity index (χ0v) is 10.6. The molecule has 1 fully saturated rings. The molecule has 1 rings (SSSR count). The molecule has 3 heteroatoms. The normalized spacial score (nSPS) is 19.0. The summed E-state index contributed by atoms with van der Waals surface area (Å²) in [5.74, 6) is 0.785. The third-order valence-corrected chi connectivity index (χ3v) is 3.01. The van der Waals surface area contributed by atoms with Crippen molar-refractivity contribution in [2.45, 2.75) is 20.8 Å². The first-order chi connectivity index (χ1) is 7.22. The van der Waals surface area contributed by atoms with Crippen LogP contribution in [0.1, 0.15) is 20.8 Å². The maximum absolute atomic E-state index is 3.39. The van der Waals surface area contributed by atoms with Gasteiger partial charge in [0.25, 0.3) is 0 Å². The highest BCUT2D eigenvalue weighted by molar-refractivity contribution is 4.69. The largest absolute Gasteiger partial charge is 0.314 e. The average Bonchev–Trinajstić information content (AvgIpc) is 2.25. The number of piperazine rings is 1. The number of likely N-dealkylation sites (N-methyl/N-ethyl adjacent to an activating group) is 1. The van der Waals surface area contributed by atoms with Gasteiger partial charge in [-0.15, -0.1) is 0 Å². The first kappa shape index (κ1) is 12.9. The van der Waals surface area contributed by atoms with Gasteiger partial charge in [0, 0.05) is 45.8 Å². The van der Waals surface area contributed by atoms with Crippen LogP contribution in [0.3, 0.4) is 0 Å². The predicted octanol–water partition coefficient (Wildman–Crippen LogP) is 0.869. The Kier molecular flexibility index (Phi) is 6.22. The molecule has 0 unspecified atom stereocenters. The highest BCUT2D eigenvalue weighted by Crippen LogP contribution is 1.99. The molecule has 1 aliphatic heterocycles. The molecule has 0 radical (unpaired) electrons. The smallest absolute Gasteiger partial charge is 0.0110 e. The summed E-state index contributed by atoms with van der Waals surface area (Å²) in [4.78, 5) is 5.13. The summed E-state index contributed by atoms with van der Waals surface area (Å²) in [6.07, 6.45) is 0. The Hall–Kier alpha value is -0.120. The molecule has 0 aromatic rings. The first-order valence-corrected chi connectivity index (χ1v) is 6.37. The molecular weight excluding hydrogens is 186 g/mol. The SMILES string of the molecule is CCN(CCN1CCNCC1)CC(C)C. The molecule has 0 aromatic heterocycles. The van der Waals surface area contributed by atoms with Crippen LogP contribution in [0.25, 0.3) is 0 Å². The monoisotopic (exact) mass is 213 g/mol. The van der Waals surface area contributed by atoms with Crippen molar-refractivity contribution in [3.05, 3.63) is 0 Å². The van der Waals surface area contributed by atoms with Crippen molar-refractivity contribution in [3.63, 3.8) is 0 Å². The minimum Gasteiger partial charge on any atom is -0.314 e. The van der Waals surface area contributed by atoms with Crippen molar-refractivity contribution in [3.8, 4) is 0 Å². The summed E-state index contributed by atoms with van der Waals surface area (Å²) in [6.45, 7) is 16.5. The number of rotatable bonds is 6. The van der Waals surface area contributed by atoms with Crippen molar-refractivity contribution >= 4 is 0 Å². The van der Waals surface area contributed by atoms with E-state index in [1.165, 1.54) is 39.3 Å². The third-order valence-electron chi connectivity index (χ3n) is 3.01. The summed E-state index contributed by atoms with van der Waals surface area (Å²) >= 11 is 0. The van der Waals surface area contributed by atoms with E-state index < -0.39 is 0 Å². The molecule has 0 atom stereocenters. The van der Waals surface area contributed by atoms with Crippen molar-refractivity contribution in [2.75, 3.05) is 52.4 Å². The van der Waals surface area contributed by atoms with E-state index in [0.29, 0.717) is 0 Å². The molecule has 0 aromatic carbocycles. The van der Waals surface area contributed by atoms with E-state index in [1.807, 2.05) is 0 Å². The van der Waals surface area contributed by atoms with Crippen molar-refractivity contribution < 1.29 is 0 Å². The molecular formula is C12H27N3. The highest BCUT2D eigenvalue weighted by Gasteiger charge is 2.11. The fraction of sp³-hybridized carbons (Fsp3) is 1.00. The minimum atomic E-state index is 0.785. The van der Waals surface area contributed by atoms with Crippen molar-refractivity contribution in [1.29, 1.82) is 0 Å². The number of nitrogens with one attached hydrogen (secondary N) is 1. The Morgan fingerprint density at radius 1 is 1.27 bits per heavy atom. The Balaban J connectivity index is 2.14. The summed E-state index contributed by atoms with van der Waals surface area (Å²) < 4.78 is 0. The molecule has 0 spiro atoms. The lowest BCUT2D eigenvalue weighted by Crippen LogP contribution is -2.46. The van der Waals surface area contributed by atoms with Crippen LogP contribution < -0.4 is 5.32 Å². The molecule has 90 valence electrons. The zero-order valence-electron chi connectivity index (χ0n) is 10.6. The van der Waals surface area contributed by atoms with Crippen LogP contribution in [0.2, 0.25) is 0 Å². The number of hydrogen-bond donors (Lipinski definition) is 1. The molecule has 1 heterocycles. The Labute approximate surface area is 94.8 Å². The van der Waals surface area contributed by atoms with Crippen molar-refractivity contribution in [2.24, 2.45) is 5.92 Å². The topological polar surface area (TPSA) is 18.5 Å². The van der Waals surface area contributed by atoms with Gasteiger partial charge in [-0.3, -0.25) is 4.90 Å². The molecule has 0 aliphatic carbocycles. The molecule has 0 bridgehead atoms. The van der Waals surface area contributed by atoms with Gasteiger partial charge in [-0.25, -0.2) is 0 Å². The van der Waals surface area contributed by atoms with Crippen LogP contribution in [-0.2, 0) is 0 Å². The van der Waals surface area contributed by atoms with Gasteiger partial charge in [0.15, 0.2) is 0 Å². The van der Waals surface area contributed by atoms with E-state index in [9.17, 15) is 0 Å². The van der Waals surface area contributed by atoms with Gasteiger partial charge in [-0.1, -0.05) is 20.8 Å². The lowest BCUT2D eigenvalue weighted by Gasteiger charge is -2.30. The summed E-state index contributed by atoms with van der Waals surface area (Å²) in [5.41, 5.74) is 0. The van der Waals surface area contributed by atoms with Crippen LogP contribution in [0.5, 0.6) is 0 Å². The van der Waals surface area contributed by atoms with Crippen LogP contribution in [0.15, 0.2) is 0 Å². The second-order valence-electron chi connectivity index (χ2n) is 4.88. The van der Waals surface area contributed by atoms with Gasteiger partial charge in [-0.2, -0.15) is 0 Å².